The Morgan fingerprint density at radius 3 is 2.78 bits per heavy atom. The van der Waals surface area contributed by atoms with Gasteiger partial charge in [-0.25, -0.2) is 4.39 Å². The topological polar surface area (TPSA) is 23.3 Å². The van der Waals surface area contributed by atoms with Gasteiger partial charge in [-0.3, -0.25) is 5.32 Å². The molecule has 2 aromatic rings. The van der Waals surface area contributed by atoms with E-state index in [1.54, 1.807) is 6.20 Å². The Kier molecular flexibility index (Phi) is 2.73. The molecule has 1 heterocycles. The number of nitrogens with zero attached hydrogens (tertiary/aromatic N) is 1. The number of halogens is 1. The highest BCUT2D eigenvalue weighted by Gasteiger charge is 2.14. The summed E-state index contributed by atoms with van der Waals surface area (Å²) >= 11 is 0. The number of hydrogen-bond donors (Lipinski definition) is 0. The van der Waals surface area contributed by atoms with Gasteiger partial charge >= 0.3 is 0 Å². The second-order valence-corrected chi connectivity index (χ2v) is 4.06. The monoisotopic (exact) mass is 240 g/mol. The first kappa shape index (κ1) is 10.8. The van der Waals surface area contributed by atoms with Crippen molar-refractivity contribution in [3.05, 3.63) is 65.6 Å². The third-order valence-corrected chi connectivity index (χ3v) is 2.78. The number of benzene rings is 2. The quantitative estimate of drug-likeness (QED) is 0.803. The van der Waals surface area contributed by atoms with E-state index in [0.717, 1.165) is 11.1 Å². The molecule has 18 heavy (non-hydrogen) atoms. The van der Waals surface area contributed by atoms with Crippen molar-refractivity contribution in [3.63, 3.8) is 0 Å². The van der Waals surface area contributed by atoms with Crippen molar-refractivity contribution in [1.29, 1.82) is 0 Å². The molecule has 1 radical (unpaired) electrons. The lowest BCUT2D eigenvalue weighted by molar-refractivity contribution is 0.304. The molecule has 3 heteroatoms. The maximum Gasteiger partial charge on any atom is 0.132 e. The molecule has 0 saturated carbocycles. The summed E-state index contributed by atoms with van der Waals surface area (Å²) in [5.74, 6) is 0.204. The van der Waals surface area contributed by atoms with Crippen LogP contribution in [0.3, 0.4) is 0 Å². The Balaban J connectivity index is 1.83. The van der Waals surface area contributed by atoms with Crippen LogP contribution in [0.5, 0.6) is 5.75 Å². The van der Waals surface area contributed by atoms with Gasteiger partial charge in [-0.2, -0.15) is 0 Å². The van der Waals surface area contributed by atoms with Crippen molar-refractivity contribution in [2.75, 3.05) is 0 Å². The summed E-state index contributed by atoms with van der Waals surface area (Å²) in [5.41, 5.74) is 2.51. The van der Waals surface area contributed by atoms with Gasteiger partial charge in [-0.1, -0.05) is 30.3 Å². The van der Waals surface area contributed by atoms with Crippen molar-refractivity contribution in [3.8, 4) is 5.75 Å². The maximum atomic E-state index is 13.4. The molecular weight excluding hydrogens is 229 g/mol. The maximum absolute atomic E-state index is 13.4. The van der Waals surface area contributed by atoms with Crippen LogP contribution >= 0.6 is 0 Å². The van der Waals surface area contributed by atoms with E-state index in [0.29, 0.717) is 18.0 Å². The summed E-state index contributed by atoms with van der Waals surface area (Å²) in [7, 11) is 0. The molecule has 0 saturated heterocycles. The average molecular weight is 240 g/mol. The summed E-state index contributed by atoms with van der Waals surface area (Å²) in [4.78, 5) is 0. The van der Waals surface area contributed by atoms with Crippen LogP contribution in [-0.2, 0) is 6.61 Å². The first-order valence-electron chi connectivity index (χ1n) is 5.70. The Labute approximate surface area is 105 Å². The van der Waals surface area contributed by atoms with Crippen LogP contribution in [0.4, 0.5) is 10.1 Å². The van der Waals surface area contributed by atoms with Gasteiger partial charge in [0.05, 0.1) is 5.69 Å². The van der Waals surface area contributed by atoms with Crippen molar-refractivity contribution in [2.24, 2.45) is 0 Å². The van der Waals surface area contributed by atoms with Crippen LogP contribution in [-0.4, -0.2) is 0 Å². The fourth-order valence-corrected chi connectivity index (χ4v) is 1.90. The largest absolute Gasteiger partial charge is 0.488 e. The summed E-state index contributed by atoms with van der Waals surface area (Å²) < 4.78 is 19.0. The van der Waals surface area contributed by atoms with Gasteiger partial charge in [0, 0.05) is 23.9 Å². The van der Waals surface area contributed by atoms with Gasteiger partial charge in [0.15, 0.2) is 0 Å². The summed E-state index contributed by atoms with van der Waals surface area (Å²) in [6.07, 6.45) is 3.48. The summed E-state index contributed by atoms with van der Waals surface area (Å²) in [6.45, 7) is 0.421. The number of fused-ring (bicyclic) bond motifs is 1. The van der Waals surface area contributed by atoms with E-state index in [4.69, 9.17) is 4.74 Å². The minimum atomic E-state index is -0.329. The number of ether oxygens (including phenoxy) is 1. The first-order chi connectivity index (χ1) is 8.83. The first-order valence-corrected chi connectivity index (χ1v) is 5.70. The van der Waals surface area contributed by atoms with Gasteiger partial charge in [-0.05, 0) is 11.6 Å². The fraction of sp³-hybridized carbons (Fsp3) is 0.0667. The van der Waals surface area contributed by atoms with Crippen molar-refractivity contribution in [1.82, 2.24) is 5.32 Å². The molecule has 0 bridgehead atoms. The Morgan fingerprint density at radius 2 is 1.94 bits per heavy atom. The van der Waals surface area contributed by atoms with Gasteiger partial charge in [0.2, 0.25) is 0 Å². The Hall–Kier alpha value is -2.29. The minimum absolute atomic E-state index is 0.329. The molecule has 2 nitrogen and oxygen atoms in total. The van der Waals surface area contributed by atoms with Gasteiger partial charge in [0.25, 0.3) is 0 Å². The molecule has 0 amide bonds. The van der Waals surface area contributed by atoms with Crippen molar-refractivity contribution < 1.29 is 9.13 Å². The SMILES string of the molecule is Fc1cc2c(c(OCc3ccccc3)c1)C=C[N]2. The van der Waals surface area contributed by atoms with Crippen LogP contribution in [0.1, 0.15) is 11.1 Å². The predicted octanol–water partition coefficient (Wildman–Crippen LogP) is 3.62. The lowest BCUT2D eigenvalue weighted by Gasteiger charge is -2.10. The molecule has 0 atom stereocenters. The molecule has 0 aromatic heterocycles. The van der Waals surface area contributed by atoms with Gasteiger partial charge in [0.1, 0.15) is 18.2 Å². The predicted molar refractivity (Wildman–Crippen MR) is 68.0 cm³/mol. The van der Waals surface area contributed by atoms with Gasteiger partial charge < -0.3 is 4.74 Å². The zero-order chi connectivity index (χ0) is 12.4. The van der Waals surface area contributed by atoms with Crippen LogP contribution in [0.2, 0.25) is 0 Å². The highest BCUT2D eigenvalue weighted by Crippen LogP contribution is 2.33. The average Bonchev–Trinajstić information content (AvgIpc) is 2.85. The normalized spacial score (nSPS) is 12.1. The number of rotatable bonds is 3. The molecule has 0 N–H and O–H groups in total. The molecule has 3 rings (SSSR count). The van der Waals surface area contributed by atoms with Crippen molar-refractivity contribution >= 4 is 11.8 Å². The van der Waals surface area contributed by atoms with Crippen LogP contribution < -0.4 is 10.1 Å². The van der Waals surface area contributed by atoms with Gasteiger partial charge in [-0.15, -0.1) is 0 Å². The van der Waals surface area contributed by atoms with E-state index in [2.05, 4.69) is 5.32 Å². The van der Waals surface area contributed by atoms with Crippen molar-refractivity contribution in [2.45, 2.75) is 6.61 Å². The van der Waals surface area contributed by atoms with E-state index in [-0.39, 0.29) is 5.82 Å². The van der Waals surface area contributed by atoms with E-state index < -0.39 is 0 Å². The molecule has 1 aliphatic heterocycles. The van der Waals surface area contributed by atoms with E-state index >= 15 is 0 Å². The Morgan fingerprint density at radius 1 is 1.11 bits per heavy atom. The highest BCUT2D eigenvalue weighted by atomic mass is 19.1. The molecule has 1 aliphatic rings. The second kappa shape index (κ2) is 4.53. The number of hydrogen-bond acceptors (Lipinski definition) is 1. The molecular formula is C15H11FNO. The lowest BCUT2D eigenvalue weighted by Crippen LogP contribution is -1.98. The zero-order valence-corrected chi connectivity index (χ0v) is 9.64. The third kappa shape index (κ3) is 2.07. The van der Waals surface area contributed by atoms with E-state index in [9.17, 15) is 4.39 Å². The van der Waals surface area contributed by atoms with Crippen LogP contribution in [0, 0.1) is 5.82 Å². The lowest BCUT2D eigenvalue weighted by atomic mass is 10.1. The molecule has 0 fully saturated rings. The second-order valence-electron chi connectivity index (χ2n) is 4.06. The van der Waals surface area contributed by atoms with E-state index in [1.807, 2.05) is 36.4 Å². The molecule has 89 valence electrons. The van der Waals surface area contributed by atoms with Crippen LogP contribution in [0.15, 0.2) is 48.7 Å². The smallest absolute Gasteiger partial charge is 0.132 e. The fourth-order valence-electron chi connectivity index (χ4n) is 1.90. The summed E-state index contributed by atoms with van der Waals surface area (Å²) in [5, 5.41) is 4.08. The Bertz CT molecular complexity index is 593. The minimum Gasteiger partial charge on any atom is -0.488 e. The third-order valence-electron chi connectivity index (χ3n) is 2.78. The molecule has 0 aliphatic carbocycles. The van der Waals surface area contributed by atoms with E-state index in [1.165, 1.54) is 12.1 Å². The molecule has 0 unspecified atom stereocenters. The molecule has 0 spiro atoms. The zero-order valence-electron chi connectivity index (χ0n) is 9.64. The summed E-state index contributed by atoms with van der Waals surface area (Å²) in [6, 6.07) is 12.6. The highest BCUT2D eigenvalue weighted by molar-refractivity contribution is 5.74. The van der Waals surface area contributed by atoms with Crippen LogP contribution in [0.25, 0.3) is 6.08 Å². The molecule has 2 aromatic carbocycles. The standard InChI is InChI=1S/C15H11FNO/c16-12-8-14-13(6-7-17-14)15(9-12)18-10-11-4-2-1-3-5-11/h1-9H,10H2.